The van der Waals surface area contributed by atoms with Gasteiger partial charge in [0.05, 0.1) is 0 Å². The van der Waals surface area contributed by atoms with Gasteiger partial charge in [0.25, 0.3) is 0 Å². The first-order valence-corrected chi connectivity index (χ1v) is 7.36. The summed E-state index contributed by atoms with van der Waals surface area (Å²) in [6.07, 6.45) is 2.81. The number of hydrogen-bond donors (Lipinski definition) is 4. The topological polar surface area (TPSA) is 127 Å². The van der Waals surface area contributed by atoms with Crippen LogP contribution in [0.1, 0.15) is 31.7 Å². The average molecular weight is 331 g/mol. The molecule has 0 radical (unpaired) electrons. The molecule has 0 aromatic heterocycles. The zero-order valence-electron chi connectivity index (χ0n) is 12.5. The van der Waals surface area contributed by atoms with Gasteiger partial charge in [-0.1, -0.05) is 43.5 Å². The third-order valence-electron chi connectivity index (χ3n) is 2.87. The molecular formula is C15H23ClN2O4. The number of halogens is 1. The fraction of sp³-hybridized carbons (Fsp3) is 0.467. The molecular weight excluding hydrogens is 308 g/mol. The van der Waals surface area contributed by atoms with Crippen molar-refractivity contribution >= 4 is 23.5 Å². The molecule has 6 nitrogen and oxygen atoms in total. The Morgan fingerprint density at radius 2 is 1.59 bits per heavy atom. The molecule has 1 aromatic carbocycles. The van der Waals surface area contributed by atoms with E-state index in [2.05, 4.69) is 0 Å². The van der Waals surface area contributed by atoms with Gasteiger partial charge in [-0.3, -0.25) is 9.59 Å². The lowest BCUT2D eigenvalue weighted by atomic mass is 10.1. The first-order chi connectivity index (χ1) is 10.3. The molecule has 0 aliphatic carbocycles. The first-order valence-electron chi connectivity index (χ1n) is 6.99. The van der Waals surface area contributed by atoms with E-state index in [0.717, 1.165) is 18.4 Å². The summed E-state index contributed by atoms with van der Waals surface area (Å²) in [6, 6.07) is 5.46. The lowest BCUT2D eigenvalue weighted by Gasteiger charge is -2.05. The number of carboxylic acids is 2. The number of hydrogen-bond acceptors (Lipinski definition) is 4. The number of nitrogens with two attached hydrogens (primary N) is 2. The molecule has 0 saturated heterocycles. The minimum Gasteiger partial charge on any atom is -0.480 e. The second kappa shape index (κ2) is 11.0. The SMILES string of the molecule is CCCC[C@H](N)C(=O)O.N[C@@H](Cc1ccc(Cl)cc1)C(=O)O. The highest BCUT2D eigenvalue weighted by molar-refractivity contribution is 6.30. The molecule has 0 amide bonds. The Balaban J connectivity index is 0.000000433. The van der Waals surface area contributed by atoms with Crippen LogP contribution < -0.4 is 11.5 Å². The third-order valence-corrected chi connectivity index (χ3v) is 3.12. The molecule has 124 valence electrons. The fourth-order valence-corrected chi connectivity index (χ4v) is 1.64. The minimum absolute atomic E-state index is 0.326. The van der Waals surface area contributed by atoms with Gasteiger partial charge in [-0.25, -0.2) is 0 Å². The number of rotatable bonds is 7. The summed E-state index contributed by atoms with van der Waals surface area (Å²) < 4.78 is 0. The van der Waals surface area contributed by atoms with E-state index < -0.39 is 24.0 Å². The van der Waals surface area contributed by atoms with Crippen LogP contribution in [-0.2, 0) is 16.0 Å². The van der Waals surface area contributed by atoms with Crippen LogP contribution in [0.2, 0.25) is 5.02 Å². The molecule has 0 aliphatic heterocycles. The van der Waals surface area contributed by atoms with Crippen molar-refractivity contribution < 1.29 is 19.8 Å². The Kier molecular flexibility index (Phi) is 10.2. The Morgan fingerprint density at radius 1 is 1.09 bits per heavy atom. The van der Waals surface area contributed by atoms with Crippen LogP contribution in [0.5, 0.6) is 0 Å². The van der Waals surface area contributed by atoms with Crippen molar-refractivity contribution in [2.75, 3.05) is 0 Å². The van der Waals surface area contributed by atoms with Gasteiger partial charge < -0.3 is 21.7 Å². The molecule has 0 heterocycles. The van der Waals surface area contributed by atoms with Crippen LogP contribution in [0, 0.1) is 0 Å². The van der Waals surface area contributed by atoms with Gasteiger partial charge in [0, 0.05) is 5.02 Å². The van der Waals surface area contributed by atoms with Crippen molar-refractivity contribution in [1.82, 2.24) is 0 Å². The maximum atomic E-state index is 10.4. The Hall–Kier alpha value is -1.63. The Morgan fingerprint density at radius 3 is 2.00 bits per heavy atom. The van der Waals surface area contributed by atoms with Crippen LogP contribution in [0.15, 0.2) is 24.3 Å². The monoisotopic (exact) mass is 330 g/mol. The van der Waals surface area contributed by atoms with Crippen LogP contribution >= 0.6 is 11.6 Å². The van der Waals surface area contributed by atoms with E-state index in [-0.39, 0.29) is 0 Å². The smallest absolute Gasteiger partial charge is 0.320 e. The highest BCUT2D eigenvalue weighted by Crippen LogP contribution is 2.10. The molecule has 0 aliphatic rings. The lowest BCUT2D eigenvalue weighted by molar-refractivity contribution is -0.139. The predicted molar refractivity (Wildman–Crippen MR) is 85.9 cm³/mol. The van der Waals surface area contributed by atoms with Gasteiger partial charge in [0.15, 0.2) is 0 Å². The van der Waals surface area contributed by atoms with Gasteiger partial charge in [-0.2, -0.15) is 0 Å². The van der Waals surface area contributed by atoms with Crippen molar-refractivity contribution in [3.63, 3.8) is 0 Å². The molecule has 0 fully saturated rings. The van der Waals surface area contributed by atoms with Gasteiger partial charge in [0.1, 0.15) is 12.1 Å². The first kappa shape index (κ1) is 20.4. The van der Waals surface area contributed by atoms with E-state index in [9.17, 15) is 9.59 Å². The number of aliphatic carboxylic acids is 2. The van der Waals surface area contributed by atoms with Crippen molar-refractivity contribution in [1.29, 1.82) is 0 Å². The van der Waals surface area contributed by atoms with E-state index in [0.29, 0.717) is 17.9 Å². The highest BCUT2D eigenvalue weighted by Gasteiger charge is 2.11. The molecule has 7 heteroatoms. The molecule has 0 unspecified atom stereocenters. The molecule has 22 heavy (non-hydrogen) atoms. The van der Waals surface area contributed by atoms with E-state index in [1.807, 2.05) is 6.92 Å². The molecule has 1 aromatic rings. The van der Waals surface area contributed by atoms with Crippen LogP contribution in [0.3, 0.4) is 0 Å². The third kappa shape index (κ3) is 9.33. The molecule has 0 spiro atoms. The van der Waals surface area contributed by atoms with Gasteiger partial charge in [-0.15, -0.1) is 0 Å². The van der Waals surface area contributed by atoms with E-state index >= 15 is 0 Å². The summed E-state index contributed by atoms with van der Waals surface area (Å²) >= 11 is 5.66. The largest absolute Gasteiger partial charge is 0.480 e. The zero-order valence-corrected chi connectivity index (χ0v) is 13.3. The second-order valence-electron chi connectivity index (χ2n) is 4.86. The quantitative estimate of drug-likeness (QED) is 0.604. The summed E-state index contributed by atoms with van der Waals surface area (Å²) in [6.45, 7) is 2.01. The standard InChI is InChI=1S/C9H10ClNO2.C6H13NO2/c10-7-3-1-6(2-4-7)5-8(11)9(12)13;1-2-3-4-5(7)6(8)9/h1-4,8H,5,11H2,(H,12,13);5H,2-4,7H2,1H3,(H,8,9)/t8-;5-/m00/s1. The summed E-state index contributed by atoms with van der Waals surface area (Å²) in [5, 5.41) is 17.5. The zero-order chi connectivity index (χ0) is 17.1. The fourth-order valence-electron chi connectivity index (χ4n) is 1.51. The van der Waals surface area contributed by atoms with Crippen molar-refractivity contribution in [3.8, 4) is 0 Å². The summed E-state index contributed by atoms with van der Waals surface area (Å²) in [5.41, 5.74) is 11.4. The van der Waals surface area contributed by atoms with Crippen LogP contribution in [0.25, 0.3) is 0 Å². The van der Waals surface area contributed by atoms with E-state index in [1.165, 1.54) is 0 Å². The second-order valence-corrected chi connectivity index (χ2v) is 5.30. The summed E-state index contributed by atoms with van der Waals surface area (Å²) in [7, 11) is 0. The number of carboxylic acid groups (broad SMARTS) is 2. The number of unbranched alkanes of at least 4 members (excludes halogenated alkanes) is 1. The lowest BCUT2D eigenvalue weighted by Crippen LogP contribution is -2.32. The van der Waals surface area contributed by atoms with E-state index in [1.54, 1.807) is 24.3 Å². The highest BCUT2D eigenvalue weighted by atomic mass is 35.5. The van der Waals surface area contributed by atoms with Crippen molar-refractivity contribution in [3.05, 3.63) is 34.9 Å². The van der Waals surface area contributed by atoms with Gasteiger partial charge in [0.2, 0.25) is 0 Å². The van der Waals surface area contributed by atoms with Crippen molar-refractivity contribution in [2.45, 2.75) is 44.7 Å². The molecule has 6 N–H and O–H groups in total. The summed E-state index contributed by atoms with van der Waals surface area (Å²) in [4.78, 5) is 20.5. The Labute approximate surface area is 135 Å². The molecule has 0 saturated carbocycles. The predicted octanol–water partition coefficient (Wildman–Crippen LogP) is 1.88. The van der Waals surface area contributed by atoms with Crippen molar-refractivity contribution in [2.24, 2.45) is 11.5 Å². The minimum atomic E-state index is -0.991. The van der Waals surface area contributed by atoms with E-state index in [4.69, 9.17) is 33.3 Å². The Bertz CT molecular complexity index is 465. The number of benzene rings is 1. The molecule has 2 atom stereocenters. The maximum Gasteiger partial charge on any atom is 0.320 e. The average Bonchev–Trinajstić information content (AvgIpc) is 2.47. The van der Waals surface area contributed by atoms with Crippen LogP contribution in [-0.4, -0.2) is 34.2 Å². The maximum absolute atomic E-state index is 10.4. The normalized spacial score (nSPS) is 12.7. The molecule has 0 bridgehead atoms. The number of carbonyl (C=O) groups is 2. The van der Waals surface area contributed by atoms with Crippen LogP contribution in [0.4, 0.5) is 0 Å². The van der Waals surface area contributed by atoms with Gasteiger partial charge >= 0.3 is 11.9 Å². The molecule has 1 rings (SSSR count). The van der Waals surface area contributed by atoms with Gasteiger partial charge in [-0.05, 0) is 30.5 Å². The summed E-state index contributed by atoms with van der Waals surface area (Å²) in [5.74, 6) is -1.89.